The van der Waals surface area contributed by atoms with Crippen LogP contribution in [0.3, 0.4) is 0 Å². The number of ether oxygens (including phenoxy) is 2. The Morgan fingerprint density at radius 2 is 2.15 bits per heavy atom. The van der Waals surface area contributed by atoms with Crippen molar-refractivity contribution in [2.24, 2.45) is 0 Å². The van der Waals surface area contributed by atoms with Gasteiger partial charge < -0.3 is 14.8 Å². The normalized spacial score (nSPS) is 12.2. The minimum absolute atomic E-state index is 0.186. The van der Waals surface area contributed by atoms with E-state index in [2.05, 4.69) is 17.2 Å². The first kappa shape index (κ1) is 14.8. The van der Waals surface area contributed by atoms with Crippen LogP contribution < -0.4 is 14.8 Å². The maximum atomic E-state index is 5.48. The Kier molecular flexibility index (Phi) is 5.38. The van der Waals surface area contributed by atoms with Gasteiger partial charge in [0.25, 0.3) is 0 Å². The fourth-order valence-corrected chi connectivity index (χ4v) is 2.84. The first-order chi connectivity index (χ1) is 9.78. The standard InChI is InChI=1S/C15H20N2O2S/c1-4-17-14(8-12-9-16-10-20-12)13-7-11(18-2)5-6-15(13)19-3/h5-7,9-10,14,17H,4,8H2,1-3H3. The molecule has 0 saturated carbocycles. The van der Waals surface area contributed by atoms with E-state index in [-0.39, 0.29) is 6.04 Å². The molecule has 2 rings (SSSR count). The summed E-state index contributed by atoms with van der Waals surface area (Å²) in [5.41, 5.74) is 2.98. The summed E-state index contributed by atoms with van der Waals surface area (Å²) in [5.74, 6) is 1.72. The van der Waals surface area contributed by atoms with E-state index < -0.39 is 0 Å². The number of likely N-dealkylation sites (N-methyl/N-ethyl adjacent to an activating group) is 1. The highest BCUT2D eigenvalue weighted by molar-refractivity contribution is 7.09. The highest BCUT2D eigenvalue weighted by Gasteiger charge is 2.17. The Hall–Kier alpha value is -1.59. The zero-order chi connectivity index (χ0) is 14.4. The average molecular weight is 292 g/mol. The van der Waals surface area contributed by atoms with Crippen LogP contribution in [0.4, 0.5) is 0 Å². The average Bonchev–Trinajstić information content (AvgIpc) is 2.99. The molecule has 20 heavy (non-hydrogen) atoms. The fourth-order valence-electron chi connectivity index (χ4n) is 2.19. The molecule has 0 saturated heterocycles. The van der Waals surface area contributed by atoms with Crippen molar-refractivity contribution < 1.29 is 9.47 Å². The van der Waals surface area contributed by atoms with E-state index in [4.69, 9.17) is 9.47 Å². The zero-order valence-corrected chi connectivity index (χ0v) is 12.9. The van der Waals surface area contributed by atoms with Crippen molar-refractivity contribution in [1.82, 2.24) is 10.3 Å². The van der Waals surface area contributed by atoms with E-state index >= 15 is 0 Å². The highest BCUT2D eigenvalue weighted by Crippen LogP contribution is 2.31. The Morgan fingerprint density at radius 1 is 1.30 bits per heavy atom. The molecule has 4 nitrogen and oxygen atoms in total. The van der Waals surface area contributed by atoms with Gasteiger partial charge in [-0.15, -0.1) is 11.3 Å². The number of nitrogens with one attached hydrogen (secondary N) is 1. The molecule has 0 spiro atoms. The molecule has 0 aliphatic rings. The lowest BCUT2D eigenvalue weighted by molar-refractivity contribution is 0.389. The van der Waals surface area contributed by atoms with Gasteiger partial charge in [-0.25, -0.2) is 0 Å². The van der Waals surface area contributed by atoms with Crippen LogP contribution in [-0.2, 0) is 6.42 Å². The number of aromatic nitrogens is 1. The third kappa shape index (κ3) is 3.49. The molecule has 1 unspecified atom stereocenters. The Balaban J connectivity index is 2.31. The predicted molar refractivity (Wildman–Crippen MR) is 81.8 cm³/mol. The molecule has 0 bridgehead atoms. The van der Waals surface area contributed by atoms with Gasteiger partial charge in [-0.2, -0.15) is 0 Å². The molecule has 0 aliphatic heterocycles. The molecule has 1 N–H and O–H groups in total. The van der Waals surface area contributed by atoms with Crippen molar-refractivity contribution in [2.45, 2.75) is 19.4 Å². The molecule has 0 aliphatic carbocycles. The SMILES string of the molecule is CCNC(Cc1cncs1)c1cc(OC)ccc1OC. The van der Waals surface area contributed by atoms with Crippen molar-refractivity contribution >= 4 is 11.3 Å². The van der Waals surface area contributed by atoms with Gasteiger partial charge in [-0.05, 0) is 24.7 Å². The second-order valence-electron chi connectivity index (χ2n) is 4.39. The van der Waals surface area contributed by atoms with Crippen LogP contribution in [0.5, 0.6) is 11.5 Å². The summed E-state index contributed by atoms with van der Waals surface area (Å²) in [4.78, 5) is 5.39. The minimum atomic E-state index is 0.186. The number of hydrogen-bond donors (Lipinski definition) is 1. The van der Waals surface area contributed by atoms with Crippen LogP contribution in [0.2, 0.25) is 0 Å². The van der Waals surface area contributed by atoms with E-state index in [0.29, 0.717) is 0 Å². The van der Waals surface area contributed by atoms with E-state index in [0.717, 1.165) is 30.0 Å². The molecule has 0 radical (unpaired) electrons. The Morgan fingerprint density at radius 3 is 2.75 bits per heavy atom. The first-order valence-electron chi connectivity index (χ1n) is 6.61. The molecule has 5 heteroatoms. The topological polar surface area (TPSA) is 43.4 Å². The van der Waals surface area contributed by atoms with Crippen molar-refractivity contribution in [2.75, 3.05) is 20.8 Å². The summed E-state index contributed by atoms with van der Waals surface area (Å²) in [5, 5.41) is 3.51. The molecule has 0 fully saturated rings. The minimum Gasteiger partial charge on any atom is -0.497 e. The van der Waals surface area contributed by atoms with Gasteiger partial charge in [0.1, 0.15) is 11.5 Å². The van der Waals surface area contributed by atoms with E-state index in [1.165, 1.54) is 4.88 Å². The number of benzene rings is 1. The Labute approximate surface area is 123 Å². The summed E-state index contributed by atoms with van der Waals surface area (Å²) >= 11 is 1.67. The Bertz CT molecular complexity index is 529. The third-order valence-corrected chi connectivity index (χ3v) is 3.95. The fraction of sp³-hybridized carbons (Fsp3) is 0.400. The third-order valence-electron chi connectivity index (χ3n) is 3.15. The molecule has 1 heterocycles. The summed E-state index contributed by atoms with van der Waals surface area (Å²) < 4.78 is 10.8. The molecule has 2 aromatic rings. The maximum absolute atomic E-state index is 5.48. The molecule has 0 amide bonds. The number of methoxy groups -OCH3 is 2. The van der Waals surface area contributed by atoms with Crippen molar-refractivity contribution in [3.63, 3.8) is 0 Å². The summed E-state index contributed by atoms with van der Waals surface area (Å²) in [6.45, 7) is 3.00. The zero-order valence-electron chi connectivity index (χ0n) is 12.1. The largest absolute Gasteiger partial charge is 0.497 e. The number of hydrogen-bond acceptors (Lipinski definition) is 5. The molecule has 1 atom stereocenters. The van der Waals surface area contributed by atoms with E-state index in [1.54, 1.807) is 25.6 Å². The smallest absolute Gasteiger partial charge is 0.123 e. The molecule has 108 valence electrons. The predicted octanol–water partition coefficient (Wildman–Crippen LogP) is 3.05. The van der Waals surface area contributed by atoms with Crippen LogP contribution >= 0.6 is 11.3 Å². The van der Waals surface area contributed by atoms with Crippen LogP contribution in [0, 0.1) is 0 Å². The van der Waals surface area contributed by atoms with Gasteiger partial charge in [0.2, 0.25) is 0 Å². The van der Waals surface area contributed by atoms with Crippen molar-refractivity contribution in [3.05, 3.63) is 40.3 Å². The van der Waals surface area contributed by atoms with Gasteiger partial charge in [-0.1, -0.05) is 6.92 Å². The monoisotopic (exact) mass is 292 g/mol. The van der Waals surface area contributed by atoms with Gasteiger partial charge in [-0.3, -0.25) is 4.98 Å². The summed E-state index contributed by atoms with van der Waals surface area (Å²) in [7, 11) is 3.37. The number of rotatable bonds is 7. The molecule has 1 aromatic carbocycles. The summed E-state index contributed by atoms with van der Waals surface area (Å²) in [6.07, 6.45) is 2.81. The van der Waals surface area contributed by atoms with Gasteiger partial charge in [0, 0.05) is 29.1 Å². The van der Waals surface area contributed by atoms with Crippen LogP contribution in [0.1, 0.15) is 23.4 Å². The highest BCUT2D eigenvalue weighted by atomic mass is 32.1. The quantitative estimate of drug-likeness (QED) is 0.852. The maximum Gasteiger partial charge on any atom is 0.123 e. The van der Waals surface area contributed by atoms with E-state index in [9.17, 15) is 0 Å². The van der Waals surface area contributed by atoms with Crippen molar-refractivity contribution in [1.29, 1.82) is 0 Å². The molecular weight excluding hydrogens is 272 g/mol. The number of nitrogens with zero attached hydrogens (tertiary/aromatic N) is 1. The molecular formula is C15H20N2O2S. The van der Waals surface area contributed by atoms with Crippen LogP contribution in [-0.4, -0.2) is 25.7 Å². The summed E-state index contributed by atoms with van der Waals surface area (Å²) in [6, 6.07) is 6.08. The van der Waals surface area contributed by atoms with Gasteiger partial charge in [0.15, 0.2) is 0 Å². The first-order valence-corrected chi connectivity index (χ1v) is 7.49. The van der Waals surface area contributed by atoms with Gasteiger partial charge in [0.05, 0.1) is 19.7 Å². The molecule has 1 aromatic heterocycles. The number of thiazole rings is 1. The lowest BCUT2D eigenvalue weighted by atomic mass is 10.0. The van der Waals surface area contributed by atoms with Gasteiger partial charge >= 0.3 is 0 Å². The van der Waals surface area contributed by atoms with Crippen molar-refractivity contribution in [3.8, 4) is 11.5 Å². The van der Waals surface area contributed by atoms with Crippen LogP contribution in [0.25, 0.3) is 0 Å². The van der Waals surface area contributed by atoms with E-state index in [1.807, 2.05) is 29.9 Å². The lowest BCUT2D eigenvalue weighted by Gasteiger charge is -2.20. The lowest BCUT2D eigenvalue weighted by Crippen LogP contribution is -2.23. The second-order valence-corrected chi connectivity index (χ2v) is 5.36. The van der Waals surface area contributed by atoms with Crippen LogP contribution in [0.15, 0.2) is 29.9 Å². The second kappa shape index (κ2) is 7.26.